The Kier molecular flexibility index (Phi) is 7.92. The predicted octanol–water partition coefficient (Wildman–Crippen LogP) is 5.38. The number of piperazine rings is 1. The number of hydrogen-bond acceptors (Lipinski definition) is 4. The lowest BCUT2D eigenvalue weighted by Gasteiger charge is -2.31. The molecule has 158 valence electrons. The lowest BCUT2D eigenvalue weighted by molar-refractivity contribution is -0.111. The zero-order valence-corrected chi connectivity index (χ0v) is 19.2. The number of nitrogens with one attached hydrogen (secondary N) is 1. The summed E-state index contributed by atoms with van der Waals surface area (Å²) in [5, 5.41) is 4.78. The van der Waals surface area contributed by atoms with Crippen LogP contribution in [0.15, 0.2) is 54.6 Å². The first-order valence-corrected chi connectivity index (χ1v) is 10.9. The smallest absolute Gasteiger partial charge is 0.248 e. The quantitative estimate of drug-likeness (QED) is 0.518. The summed E-state index contributed by atoms with van der Waals surface area (Å²) in [6.45, 7) is 5.49. The van der Waals surface area contributed by atoms with Crippen molar-refractivity contribution in [3.8, 4) is 0 Å². The summed E-state index contributed by atoms with van der Waals surface area (Å²) in [7, 11) is 2.18. The van der Waals surface area contributed by atoms with E-state index in [1.54, 1.807) is 6.08 Å². The third kappa shape index (κ3) is 6.06. The second-order valence-electron chi connectivity index (χ2n) is 7.42. The molecule has 0 bridgehead atoms. The molecule has 4 rings (SSSR count). The number of halogens is 2. The van der Waals surface area contributed by atoms with Crippen molar-refractivity contribution in [2.45, 2.75) is 6.54 Å². The standard InChI is InChI=1S/C23H24ClN3OS.ClH/c1-26-9-11-27(12-10-26)16-21-15-18-14-20(6-7-22(18)29-21)25-23(28)8-5-17-3-2-4-19(24)13-17;/h2-8,13-15H,9-12,16H2,1H3,(H,25,28);1H/b8-5+;. The van der Waals surface area contributed by atoms with Crippen LogP contribution in [0.2, 0.25) is 5.02 Å². The fourth-order valence-electron chi connectivity index (χ4n) is 3.45. The molecule has 3 aromatic rings. The molecule has 30 heavy (non-hydrogen) atoms. The van der Waals surface area contributed by atoms with Crippen LogP contribution in [0.5, 0.6) is 0 Å². The summed E-state index contributed by atoms with van der Waals surface area (Å²) < 4.78 is 1.25. The van der Waals surface area contributed by atoms with Gasteiger partial charge in [0.25, 0.3) is 0 Å². The monoisotopic (exact) mass is 461 g/mol. The van der Waals surface area contributed by atoms with Gasteiger partial charge in [0, 0.05) is 59.1 Å². The van der Waals surface area contributed by atoms with Crippen LogP contribution in [0.1, 0.15) is 10.4 Å². The van der Waals surface area contributed by atoms with Crippen LogP contribution in [0, 0.1) is 0 Å². The van der Waals surface area contributed by atoms with Crippen molar-refractivity contribution >= 4 is 63.1 Å². The Morgan fingerprint density at radius 1 is 1.13 bits per heavy atom. The van der Waals surface area contributed by atoms with E-state index in [-0.39, 0.29) is 18.3 Å². The summed E-state index contributed by atoms with van der Waals surface area (Å²) in [5.74, 6) is -0.155. The lowest BCUT2D eigenvalue weighted by Crippen LogP contribution is -2.43. The molecule has 0 spiro atoms. The molecule has 1 saturated heterocycles. The first-order chi connectivity index (χ1) is 14.0. The Balaban J connectivity index is 0.00000256. The van der Waals surface area contributed by atoms with E-state index < -0.39 is 0 Å². The van der Waals surface area contributed by atoms with Crippen LogP contribution in [0.25, 0.3) is 16.2 Å². The van der Waals surface area contributed by atoms with Gasteiger partial charge in [-0.05, 0) is 60.5 Å². The van der Waals surface area contributed by atoms with Crippen molar-refractivity contribution in [2.24, 2.45) is 0 Å². The van der Waals surface area contributed by atoms with Crippen molar-refractivity contribution < 1.29 is 4.79 Å². The largest absolute Gasteiger partial charge is 0.322 e. The maximum Gasteiger partial charge on any atom is 0.248 e. The molecule has 1 fully saturated rings. The second-order valence-corrected chi connectivity index (χ2v) is 9.03. The Morgan fingerprint density at radius 3 is 2.70 bits per heavy atom. The molecule has 0 saturated carbocycles. The third-order valence-electron chi connectivity index (χ3n) is 5.09. The average Bonchev–Trinajstić information content (AvgIpc) is 3.10. The molecule has 2 heterocycles. The maximum atomic E-state index is 12.3. The van der Waals surface area contributed by atoms with Gasteiger partial charge < -0.3 is 10.2 Å². The zero-order chi connectivity index (χ0) is 20.2. The van der Waals surface area contributed by atoms with E-state index in [0.29, 0.717) is 5.02 Å². The topological polar surface area (TPSA) is 35.6 Å². The van der Waals surface area contributed by atoms with E-state index in [9.17, 15) is 4.79 Å². The lowest BCUT2D eigenvalue weighted by atomic mass is 10.2. The minimum atomic E-state index is -0.155. The number of amides is 1. The fourth-order valence-corrected chi connectivity index (χ4v) is 4.73. The fraction of sp³-hybridized carbons (Fsp3) is 0.261. The number of rotatable bonds is 5. The Hall–Kier alpha value is -1.89. The molecular weight excluding hydrogens is 437 g/mol. The van der Waals surface area contributed by atoms with Crippen molar-refractivity contribution in [1.82, 2.24) is 9.80 Å². The normalized spacial score (nSPS) is 15.4. The maximum absolute atomic E-state index is 12.3. The van der Waals surface area contributed by atoms with Crippen LogP contribution in [-0.2, 0) is 11.3 Å². The van der Waals surface area contributed by atoms with E-state index in [1.807, 2.05) is 47.7 Å². The van der Waals surface area contributed by atoms with Crippen LogP contribution >= 0.6 is 35.3 Å². The molecule has 7 heteroatoms. The van der Waals surface area contributed by atoms with Crippen LogP contribution in [-0.4, -0.2) is 48.9 Å². The van der Waals surface area contributed by atoms with Crippen LogP contribution < -0.4 is 5.32 Å². The minimum absolute atomic E-state index is 0. The summed E-state index contributed by atoms with van der Waals surface area (Å²) in [6.07, 6.45) is 3.29. The van der Waals surface area contributed by atoms with Crippen molar-refractivity contribution in [1.29, 1.82) is 0 Å². The van der Waals surface area contributed by atoms with Gasteiger partial charge in [-0.15, -0.1) is 23.7 Å². The van der Waals surface area contributed by atoms with Gasteiger partial charge >= 0.3 is 0 Å². The van der Waals surface area contributed by atoms with E-state index in [1.165, 1.54) is 21.0 Å². The predicted molar refractivity (Wildman–Crippen MR) is 131 cm³/mol. The Labute approximate surface area is 192 Å². The van der Waals surface area contributed by atoms with E-state index in [4.69, 9.17) is 11.6 Å². The van der Waals surface area contributed by atoms with Crippen molar-refractivity contribution in [2.75, 3.05) is 38.5 Å². The van der Waals surface area contributed by atoms with Crippen LogP contribution in [0.3, 0.4) is 0 Å². The number of likely N-dealkylation sites (N-methyl/N-ethyl adjacent to an activating group) is 1. The molecule has 1 aromatic heterocycles. The second kappa shape index (κ2) is 10.4. The minimum Gasteiger partial charge on any atom is -0.322 e. The Morgan fingerprint density at radius 2 is 1.93 bits per heavy atom. The average molecular weight is 462 g/mol. The molecule has 0 atom stereocenters. The first-order valence-electron chi connectivity index (χ1n) is 9.73. The van der Waals surface area contributed by atoms with Crippen molar-refractivity contribution in [3.05, 3.63) is 70.1 Å². The number of carbonyl (C=O) groups is 1. The number of nitrogens with zero attached hydrogens (tertiary/aromatic N) is 2. The molecule has 4 nitrogen and oxygen atoms in total. The van der Waals surface area contributed by atoms with E-state index in [2.05, 4.69) is 34.3 Å². The number of hydrogen-bond donors (Lipinski definition) is 1. The molecule has 0 aliphatic carbocycles. The number of benzene rings is 2. The summed E-state index contributed by atoms with van der Waals surface area (Å²) >= 11 is 7.81. The highest BCUT2D eigenvalue weighted by molar-refractivity contribution is 7.19. The molecule has 1 amide bonds. The van der Waals surface area contributed by atoms with Gasteiger partial charge in [-0.25, -0.2) is 0 Å². The number of anilines is 1. The van der Waals surface area contributed by atoms with Gasteiger partial charge in [-0.1, -0.05) is 23.7 Å². The first kappa shape index (κ1) is 22.8. The summed E-state index contributed by atoms with van der Waals surface area (Å²) in [4.78, 5) is 18.5. The third-order valence-corrected chi connectivity index (χ3v) is 6.42. The summed E-state index contributed by atoms with van der Waals surface area (Å²) in [5.41, 5.74) is 1.71. The molecule has 2 aromatic carbocycles. The van der Waals surface area contributed by atoms with Gasteiger partial charge in [0.2, 0.25) is 5.91 Å². The highest BCUT2D eigenvalue weighted by Gasteiger charge is 2.15. The summed E-state index contributed by atoms with van der Waals surface area (Å²) in [6, 6.07) is 15.8. The highest BCUT2D eigenvalue weighted by Crippen LogP contribution is 2.29. The van der Waals surface area contributed by atoms with Gasteiger partial charge in [-0.3, -0.25) is 9.69 Å². The molecule has 0 radical (unpaired) electrons. The molecular formula is C23H25Cl2N3OS. The molecule has 1 aliphatic rings. The number of fused-ring (bicyclic) bond motifs is 1. The Bertz CT molecular complexity index is 1040. The number of thiophene rings is 1. The molecule has 0 unspecified atom stereocenters. The van der Waals surface area contributed by atoms with Gasteiger partial charge in [0.15, 0.2) is 0 Å². The van der Waals surface area contributed by atoms with Gasteiger partial charge in [0.05, 0.1) is 0 Å². The van der Waals surface area contributed by atoms with Gasteiger partial charge in [0.1, 0.15) is 0 Å². The number of carbonyl (C=O) groups excluding carboxylic acids is 1. The zero-order valence-electron chi connectivity index (χ0n) is 16.8. The SMILES string of the molecule is CN1CCN(Cc2cc3cc(NC(=O)/C=C/c4cccc(Cl)c4)ccc3s2)CC1.Cl. The van der Waals surface area contributed by atoms with E-state index in [0.717, 1.165) is 44.0 Å². The van der Waals surface area contributed by atoms with Crippen LogP contribution in [0.4, 0.5) is 5.69 Å². The van der Waals surface area contributed by atoms with E-state index >= 15 is 0 Å². The molecule has 1 aliphatic heterocycles. The molecule has 1 N–H and O–H groups in total. The van der Waals surface area contributed by atoms with Crippen molar-refractivity contribution in [3.63, 3.8) is 0 Å². The van der Waals surface area contributed by atoms with Gasteiger partial charge in [-0.2, -0.15) is 0 Å². The highest BCUT2D eigenvalue weighted by atomic mass is 35.5.